The highest BCUT2D eigenvalue weighted by Gasteiger charge is 2.14. The molecule has 0 aromatic carbocycles. The lowest BCUT2D eigenvalue weighted by Crippen LogP contribution is -2.10. The molecule has 14 heavy (non-hydrogen) atoms. The molecule has 0 fully saturated rings. The number of aromatic nitrogens is 4. The third kappa shape index (κ3) is 1.20. The van der Waals surface area contributed by atoms with Gasteiger partial charge in [0.2, 0.25) is 0 Å². The van der Waals surface area contributed by atoms with Crippen molar-refractivity contribution in [1.29, 1.82) is 0 Å². The van der Waals surface area contributed by atoms with Crippen LogP contribution in [0.1, 0.15) is 24.5 Å². The predicted octanol–water partition coefficient (Wildman–Crippen LogP) is 0.00792. The number of nitrogens with one attached hydrogen (secondary N) is 2. The third-order valence-corrected chi connectivity index (χ3v) is 1.97. The van der Waals surface area contributed by atoms with Crippen molar-refractivity contribution < 1.29 is 5.11 Å². The minimum atomic E-state index is -0.783. The van der Waals surface area contributed by atoms with Gasteiger partial charge in [-0.25, -0.2) is 4.98 Å². The van der Waals surface area contributed by atoms with Crippen LogP contribution in [0.25, 0.3) is 11.0 Å². The van der Waals surface area contributed by atoms with Crippen molar-refractivity contribution >= 4 is 11.0 Å². The first-order valence-corrected chi connectivity index (χ1v) is 4.22. The molecule has 2 aromatic heterocycles. The Morgan fingerprint density at radius 2 is 2.21 bits per heavy atom. The highest BCUT2D eigenvalue weighted by molar-refractivity contribution is 5.76. The van der Waals surface area contributed by atoms with Gasteiger partial charge >= 0.3 is 0 Å². The maximum atomic E-state index is 11.5. The lowest BCUT2D eigenvalue weighted by atomic mass is 10.2. The van der Waals surface area contributed by atoms with E-state index in [2.05, 4.69) is 20.2 Å². The van der Waals surface area contributed by atoms with Crippen LogP contribution in [0.5, 0.6) is 0 Å². The summed E-state index contributed by atoms with van der Waals surface area (Å²) < 4.78 is 0. The molecule has 0 aliphatic rings. The zero-order valence-corrected chi connectivity index (χ0v) is 7.83. The van der Waals surface area contributed by atoms with Crippen LogP contribution in [0.15, 0.2) is 4.79 Å². The van der Waals surface area contributed by atoms with Gasteiger partial charge in [-0.2, -0.15) is 5.10 Å². The van der Waals surface area contributed by atoms with Crippen LogP contribution >= 0.6 is 0 Å². The highest BCUT2D eigenvalue weighted by atomic mass is 16.3. The fourth-order valence-electron chi connectivity index (χ4n) is 1.38. The van der Waals surface area contributed by atoms with Crippen LogP contribution in [0, 0.1) is 6.92 Å². The number of H-pyrrole nitrogens is 2. The summed E-state index contributed by atoms with van der Waals surface area (Å²) in [5.74, 6) is 0.517. The molecular formula is C8H10N4O2. The molecule has 6 nitrogen and oxygen atoms in total. The number of aliphatic hydroxyl groups is 1. The maximum Gasteiger partial charge on any atom is 0.262 e. The van der Waals surface area contributed by atoms with Crippen molar-refractivity contribution in [2.24, 2.45) is 0 Å². The summed E-state index contributed by atoms with van der Waals surface area (Å²) in [6.45, 7) is 3.23. The molecule has 0 amide bonds. The van der Waals surface area contributed by atoms with Gasteiger partial charge in [-0.05, 0) is 13.8 Å². The van der Waals surface area contributed by atoms with Gasteiger partial charge in [0.1, 0.15) is 16.9 Å². The number of hydrogen-bond donors (Lipinski definition) is 3. The number of aryl methyl sites for hydroxylation is 1. The molecule has 0 spiro atoms. The molecular weight excluding hydrogens is 184 g/mol. The summed E-state index contributed by atoms with van der Waals surface area (Å²) in [7, 11) is 0. The van der Waals surface area contributed by atoms with Gasteiger partial charge in [-0.15, -0.1) is 0 Å². The zero-order chi connectivity index (χ0) is 10.3. The van der Waals surface area contributed by atoms with E-state index in [1.807, 2.05) is 0 Å². The Morgan fingerprint density at radius 3 is 2.86 bits per heavy atom. The van der Waals surface area contributed by atoms with E-state index in [9.17, 15) is 9.90 Å². The molecule has 2 rings (SSSR count). The zero-order valence-electron chi connectivity index (χ0n) is 7.83. The molecule has 0 radical (unpaired) electrons. The van der Waals surface area contributed by atoms with E-state index in [-0.39, 0.29) is 5.56 Å². The van der Waals surface area contributed by atoms with Crippen molar-refractivity contribution in [3.63, 3.8) is 0 Å². The Hall–Kier alpha value is -1.69. The van der Waals surface area contributed by atoms with E-state index in [4.69, 9.17) is 0 Å². The lowest BCUT2D eigenvalue weighted by Gasteiger charge is -1.98. The summed E-state index contributed by atoms with van der Waals surface area (Å²) >= 11 is 0. The molecule has 74 valence electrons. The largest absolute Gasteiger partial charge is 0.387 e. The van der Waals surface area contributed by atoms with Gasteiger partial charge in [0.05, 0.1) is 6.10 Å². The first-order valence-electron chi connectivity index (χ1n) is 4.22. The van der Waals surface area contributed by atoms with Gasteiger partial charge < -0.3 is 10.1 Å². The second kappa shape index (κ2) is 2.91. The van der Waals surface area contributed by atoms with Crippen molar-refractivity contribution in [3.05, 3.63) is 21.9 Å². The number of hydrogen-bond acceptors (Lipinski definition) is 4. The highest BCUT2D eigenvalue weighted by Crippen LogP contribution is 2.15. The topological polar surface area (TPSA) is 94.7 Å². The van der Waals surface area contributed by atoms with Crippen molar-refractivity contribution in [3.8, 4) is 0 Å². The molecule has 0 saturated heterocycles. The Kier molecular flexibility index (Phi) is 1.85. The third-order valence-electron chi connectivity index (χ3n) is 1.97. The Morgan fingerprint density at radius 1 is 1.50 bits per heavy atom. The van der Waals surface area contributed by atoms with E-state index in [1.54, 1.807) is 13.8 Å². The van der Waals surface area contributed by atoms with Crippen molar-refractivity contribution in [2.45, 2.75) is 20.0 Å². The number of aromatic amines is 2. The Balaban J connectivity index is 2.86. The van der Waals surface area contributed by atoms with Crippen LogP contribution in [0.4, 0.5) is 0 Å². The van der Waals surface area contributed by atoms with E-state index in [0.717, 1.165) is 0 Å². The van der Waals surface area contributed by atoms with Crippen LogP contribution in [-0.4, -0.2) is 25.3 Å². The average molecular weight is 194 g/mol. The SMILES string of the molecule is Cc1nc2[nH]nc(C(C)O)c2c(=O)[nH]1. The second-order valence-corrected chi connectivity index (χ2v) is 3.16. The molecule has 1 unspecified atom stereocenters. The molecule has 0 saturated carbocycles. The summed E-state index contributed by atoms with van der Waals surface area (Å²) in [6.07, 6.45) is -0.783. The van der Waals surface area contributed by atoms with Gasteiger partial charge in [-0.3, -0.25) is 9.89 Å². The first kappa shape index (κ1) is 8.89. The molecule has 0 bridgehead atoms. The molecule has 2 aromatic rings. The number of rotatable bonds is 1. The van der Waals surface area contributed by atoms with Crippen LogP contribution < -0.4 is 5.56 Å². The summed E-state index contributed by atoms with van der Waals surface area (Å²) in [6, 6.07) is 0. The van der Waals surface area contributed by atoms with E-state index >= 15 is 0 Å². The monoisotopic (exact) mass is 194 g/mol. The van der Waals surface area contributed by atoms with Crippen LogP contribution in [0.2, 0.25) is 0 Å². The standard InChI is InChI=1S/C8H10N4O2/c1-3(13)6-5-7(12-11-6)9-4(2)10-8(5)14/h3,13H,1-2H3,(H2,9,10,11,12,14). The van der Waals surface area contributed by atoms with Crippen molar-refractivity contribution in [1.82, 2.24) is 20.2 Å². The Labute approximate surface area is 79.0 Å². The average Bonchev–Trinajstić information content (AvgIpc) is 2.47. The molecule has 0 aliphatic carbocycles. The maximum absolute atomic E-state index is 11.5. The fraction of sp³-hybridized carbons (Fsp3) is 0.375. The summed E-state index contributed by atoms with van der Waals surface area (Å²) in [5.41, 5.74) is 0.452. The smallest absolute Gasteiger partial charge is 0.262 e. The number of fused-ring (bicyclic) bond motifs is 1. The summed E-state index contributed by atoms with van der Waals surface area (Å²) in [4.78, 5) is 18.1. The van der Waals surface area contributed by atoms with Crippen molar-refractivity contribution in [2.75, 3.05) is 0 Å². The van der Waals surface area contributed by atoms with E-state index < -0.39 is 6.10 Å². The second-order valence-electron chi connectivity index (χ2n) is 3.16. The van der Waals surface area contributed by atoms with Crippen LogP contribution in [0.3, 0.4) is 0 Å². The molecule has 1 atom stereocenters. The summed E-state index contributed by atoms with van der Waals surface area (Å²) in [5, 5.41) is 16.1. The molecule has 0 aliphatic heterocycles. The van der Waals surface area contributed by atoms with Gasteiger partial charge in [0.25, 0.3) is 5.56 Å². The van der Waals surface area contributed by atoms with E-state index in [1.165, 1.54) is 0 Å². The minimum absolute atomic E-state index is 0.280. The Bertz CT molecular complexity index is 526. The lowest BCUT2D eigenvalue weighted by molar-refractivity contribution is 0.195. The number of nitrogens with zero attached hydrogens (tertiary/aromatic N) is 2. The number of aliphatic hydroxyl groups excluding tert-OH is 1. The predicted molar refractivity (Wildman–Crippen MR) is 49.9 cm³/mol. The van der Waals surface area contributed by atoms with Gasteiger partial charge in [-0.1, -0.05) is 0 Å². The fourth-order valence-corrected chi connectivity index (χ4v) is 1.38. The van der Waals surface area contributed by atoms with Gasteiger partial charge in [0, 0.05) is 0 Å². The molecule has 3 N–H and O–H groups in total. The first-order chi connectivity index (χ1) is 6.59. The van der Waals surface area contributed by atoms with Gasteiger partial charge in [0.15, 0.2) is 5.65 Å². The minimum Gasteiger partial charge on any atom is -0.387 e. The van der Waals surface area contributed by atoms with E-state index in [0.29, 0.717) is 22.6 Å². The quantitative estimate of drug-likeness (QED) is 0.595. The van der Waals surface area contributed by atoms with Crippen LogP contribution in [-0.2, 0) is 0 Å². The normalized spacial score (nSPS) is 13.4. The molecule has 2 heterocycles. The molecule has 6 heteroatoms.